The Bertz CT molecular complexity index is 747. The number of rotatable bonds is 5. The standard InChI is InChI=1S/C20H24N2O3/c1-21-12-5-7-16(21)11-13-22(20(24)25)19-10-3-2-9-18(19)15-6-4-8-17(23)14-15/h2-4,6,8-10,14,16,23H,5,7,11-13H2,1H3,(H,24,25). The van der Waals surface area contributed by atoms with Gasteiger partial charge in [0.05, 0.1) is 5.69 Å². The highest BCUT2D eigenvalue weighted by Crippen LogP contribution is 2.33. The monoisotopic (exact) mass is 340 g/mol. The molecule has 1 unspecified atom stereocenters. The van der Waals surface area contributed by atoms with E-state index in [1.807, 2.05) is 30.3 Å². The molecule has 0 radical (unpaired) electrons. The van der Waals surface area contributed by atoms with Crippen molar-refractivity contribution in [3.05, 3.63) is 48.5 Å². The Morgan fingerprint density at radius 1 is 1.24 bits per heavy atom. The first-order valence-corrected chi connectivity index (χ1v) is 8.65. The number of hydrogen-bond donors (Lipinski definition) is 2. The van der Waals surface area contributed by atoms with Gasteiger partial charge in [-0.3, -0.25) is 4.90 Å². The molecule has 0 spiro atoms. The van der Waals surface area contributed by atoms with Crippen LogP contribution in [-0.2, 0) is 0 Å². The number of amides is 1. The first kappa shape index (κ1) is 17.3. The molecule has 0 saturated carbocycles. The van der Waals surface area contributed by atoms with E-state index in [9.17, 15) is 15.0 Å². The second-order valence-electron chi connectivity index (χ2n) is 6.57. The third-order valence-electron chi connectivity index (χ3n) is 4.94. The average Bonchev–Trinajstić information content (AvgIpc) is 3.00. The van der Waals surface area contributed by atoms with Crippen molar-refractivity contribution in [1.29, 1.82) is 0 Å². The van der Waals surface area contributed by atoms with Gasteiger partial charge in [0.2, 0.25) is 0 Å². The van der Waals surface area contributed by atoms with Crippen LogP contribution < -0.4 is 4.90 Å². The van der Waals surface area contributed by atoms with Gasteiger partial charge in [-0.15, -0.1) is 0 Å². The maximum Gasteiger partial charge on any atom is 0.411 e. The van der Waals surface area contributed by atoms with E-state index in [1.54, 1.807) is 18.2 Å². The van der Waals surface area contributed by atoms with Crippen molar-refractivity contribution in [1.82, 2.24) is 4.90 Å². The number of aromatic hydroxyl groups is 1. The van der Waals surface area contributed by atoms with Crippen molar-refractivity contribution in [2.75, 3.05) is 25.0 Å². The molecule has 0 bridgehead atoms. The summed E-state index contributed by atoms with van der Waals surface area (Å²) >= 11 is 0. The first-order chi connectivity index (χ1) is 12.1. The van der Waals surface area contributed by atoms with Crippen molar-refractivity contribution in [3.8, 4) is 16.9 Å². The van der Waals surface area contributed by atoms with Crippen LogP contribution in [-0.4, -0.2) is 47.4 Å². The fourth-order valence-corrected chi connectivity index (χ4v) is 3.57. The Hall–Kier alpha value is -2.53. The lowest BCUT2D eigenvalue weighted by Crippen LogP contribution is -2.35. The van der Waals surface area contributed by atoms with Gasteiger partial charge in [0.15, 0.2) is 0 Å². The first-order valence-electron chi connectivity index (χ1n) is 8.65. The van der Waals surface area contributed by atoms with E-state index < -0.39 is 6.09 Å². The molecular formula is C20H24N2O3. The molecule has 0 aromatic heterocycles. The molecule has 2 N–H and O–H groups in total. The fourth-order valence-electron chi connectivity index (χ4n) is 3.57. The number of phenols is 1. The minimum absolute atomic E-state index is 0.168. The van der Waals surface area contributed by atoms with E-state index in [2.05, 4.69) is 11.9 Å². The van der Waals surface area contributed by atoms with E-state index in [1.165, 1.54) is 11.3 Å². The maximum atomic E-state index is 11.9. The zero-order chi connectivity index (χ0) is 17.8. The lowest BCUT2D eigenvalue weighted by molar-refractivity contribution is 0.200. The van der Waals surface area contributed by atoms with E-state index in [-0.39, 0.29) is 5.75 Å². The van der Waals surface area contributed by atoms with Gasteiger partial charge in [-0.25, -0.2) is 4.79 Å². The third kappa shape index (κ3) is 3.94. The summed E-state index contributed by atoms with van der Waals surface area (Å²) < 4.78 is 0. The van der Waals surface area contributed by atoms with Crippen LogP contribution in [0.4, 0.5) is 10.5 Å². The molecule has 1 atom stereocenters. The number of hydrogen-bond acceptors (Lipinski definition) is 3. The topological polar surface area (TPSA) is 64.0 Å². The van der Waals surface area contributed by atoms with Crippen LogP contribution in [0.5, 0.6) is 5.75 Å². The number of nitrogens with zero attached hydrogens (tertiary/aromatic N) is 2. The quantitative estimate of drug-likeness (QED) is 0.862. The van der Waals surface area contributed by atoms with Gasteiger partial charge >= 0.3 is 6.09 Å². The second kappa shape index (κ2) is 7.57. The molecule has 25 heavy (non-hydrogen) atoms. The summed E-state index contributed by atoms with van der Waals surface area (Å²) in [5.74, 6) is 0.168. The molecule has 0 aliphatic carbocycles. The lowest BCUT2D eigenvalue weighted by Gasteiger charge is -2.26. The summed E-state index contributed by atoms with van der Waals surface area (Å²) in [7, 11) is 2.10. The number of carbonyl (C=O) groups is 1. The number of benzene rings is 2. The molecular weight excluding hydrogens is 316 g/mol. The van der Waals surface area contributed by atoms with Crippen molar-refractivity contribution >= 4 is 11.8 Å². The van der Waals surface area contributed by atoms with Gasteiger partial charge in [0.1, 0.15) is 5.75 Å². The molecule has 132 valence electrons. The van der Waals surface area contributed by atoms with Crippen LogP contribution in [0.2, 0.25) is 0 Å². The van der Waals surface area contributed by atoms with E-state index >= 15 is 0 Å². The number of anilines is 1. The largest absolute Gasteiger partial charge is 0.508 e. The maximum absolute atomic E-state index is 11.9. The van der Waals surface area contributed by atoms with Crippen molar-refractivity contribution in [2.24, 2.45) is 0 Å². The zero-order valence-electron chi connectivity index (χ0n) is 14.4. The molecule has 1 fully saturated rings. The van der Waals surface area contributed by atoms with E-state index in [0.717, 1.165) is 30.5 Å². The summed E-state index contributed by atoms with van der Waals surface area (Å²) in [6.45, 7) is 1.54. The van der Waals surface area contributed by atoms with Crippen LogP contribution in [0.3, 0.4) is 0 Å². The molecule has 5 nitrogen and oxygen atoms in total. The summed E-state index contributed by atoms with van der Waals surface area (Å²) in [4.78, 5) is 15.6. The highest BCUT2D eigenvalue weighted by molar-refractivity contribution is 5.92. The minimum atomic E-state index is -0.951. The number of likely N-dealkylation sites (tertiary alicyclic amines) is 1. The Morgan fingerprint density at radius 2 is 2.04 bits per heavy atom. The highest BCUT2D eigenvalue weighted by atomic mass is 16.4. The van der Waals surface area contributed by atoms with Crippen molar-refractivity contribution < 1.29 is 15.0 Å². The second-order valence-corrected chi connectivity index (χ2v) is 6.57. The Balaban J connectivity index is 1.88. The lowest BCUT2D eigenvalue weighted by atomic mass is 10.0. The van der Waals surface area contributed by atoms with E-state index in [0.29, 0.717) is 18.3 Å². The highest BCUT2D eigenvalue weighted by Gasteiger charge is 2.24. The molecule has 1 aliphatic heterocycles. The Kier molecular flexibility index (Phi) is 5.24. The van der Waals surface area contributed by atoms with Gasteiger partial charge in [-0.2, -0.15) is 0 Å². The molecule has 1 aliphatic rings. The Morgan fingerprint density at radius 3 is 2.72 bits per heavy atom. The van der Waals surface area contributed by atoms with Gasteiger partial charge in [0, 0.05) is 18.2 Å². The van der Waals surface area contributed by atoms with Crippen LogP contribution in [0.15, 0.2) is 48.5 Å². The van der Waals surface area contributed by atoms with Gasteiger partial charge < -0.3 is 15.1 Å². The normalized spacial score (nSPS) is 17.6. The molecule has 2 aromatic carbocycles. The van der Waals surface area contributed by atoms with Gasteiger partial charge in [-0.1, -0.05) is 30.3 Å². The molecule has 1 heterocycles. The van der Waals surface area contributed by atoms with E-state index in [4.69, 9.17) is 0 Å². The van der Waals surface area contributed by atoms with Crippen molar-refractivity contribution in [3.63, 3.8) is 0 Å². The predicted molar refractivity (Wildman–Crippen MR) is 99.2 cm³/mol. The van der Waals surface area contributed by atoms with Crippen LogP contribution in [0, 0.1) is 0 Å². The summed E-state index contributed by atoms with van der Waals surface area (Å²) in [6.07, 6.45) is 2.16. The molecule has 2 aromatic rings. The average molecular weight is 340 g/mol. The molecule has 5 heteroatoms. The zero-order valence-corrected chi connectivity index (χ0v) is 14.4. The molecule has 1 amide bonds. The molecule has 3 rings (SSSR count). The number of carboxylic acid groups (broad SMARTS) is 1. The smallest absolute Gasteiger partial charge is 0.411 e. The summed E-state index contributed by atoms with van der Waals surface area (Å²) in [5, 5.41) is 19.5. The SMILES string of the molecule is CN1CCCC1CCN(C(=O)O)c1ccccc1-c1cccc(O)c1. The predicted octanol–water partition coefficient (Wildman–Crippen LogP) is 4.03. The Labute approximate surface area is 148 Å². The number of para-hydroxylation sites is 1. The minimum Gasteiger partial charge on any atom is -0.508 e. The summed E-state index contributed by atoms with van der Waals surface area (Å²) in [6, 6.07) is 14.8. The fraction of sp³-hybridized carbons (Fsp3) is 0.350. The van der Waals surface area contributed by atoms with Crippen LogP contribution in [0.25, 0.3) is 11.1 Å². The van der Waals surface area contributed by atoms with Gasteiger partial charge in [0.25, 0.3) is 0 Å². The van der Waals surface area contributed by atoms with Crippen LogP contribution >= 0.6 is 0 Å². The number of phenolic OH excluding ortho intramolecular Hbond substituents is 1. The molecule has 1 saturated heterocycles. The summed E-state index contributed by atoms with van der Waals surface area (Å²) in [5.41, 5.74) is 2.27. The van der Waals surface area contributed by atoms with Gasteiger partial charge in [-0.05, 0) is 56.6 Å². The third-order valence-corrected chi connectivity index (χ3v) is 4.94. The van der Waals surface area contributed by atoms with Crippen molar-refractivity contribution in [2.45, 2.75) is 25.3 Å². The van der Waals surface area contributed by atoms with Crippen LogP contribution in [0.1, 0.15) is 19.3 Å².